The average molecular weight is 253 g/mol. The first-order valence-corrected chi connectivity index (χ1v) is 5.17. The van der Waals surface area contributed by atoms with Gasteiger partial charge >= 0.3 is 12.2 Å². The molecule has 17 heavy (non-hydrogen) atoms. The number of alkyl halides is 3. The van der Waals surface area contributed by atoms with Crippen LogP contribution >= 0.6 is 0 Å². The van der Waals surface area contributed by atoms with Gasteiger partial charge in [-0.25, -0.2) is 4.79 Å². The predicted molar refractivity (Wildman–Crippen MR) is 54.0 cm³/mol. The number of rotatable bonds is 3. The van der Waals surface area contributed by atoms with Gasteiger partial charge in [0.15, 0.2) is 0 Å². The van der Waals surface area contributed by atoms with Crippen molar-refractivity contribution in [2.45, 2.75) is 44.5 Å². The maximum absolute atomic E-state index is 12.7. The van der Waals surface area contributed by atoms with Gasteiger partial charge in [0.2, 0.25) is 0 Å². The largest absolute Gasteiger partial charge is 0.438 e. The van der Waals surface area contributed by atoms with E-state index in [2.05, 4.69) is 5.10 Å². The number of hydrogen-bond donors (Lipinski definition) is 2. The number of halogens is 3. The van der Waals surface area contributed by atoms with Crippen LogP contribution in [-0.4, -0.2) is 33.8 Å². The molecule has 0 aliphatic carbocycles. The highest BCUT2D eigenvalue weighted by Crippen LogP contribution is 2.40. The van der Waals surface area contributed by atoms with E-state index in [9.17, 15) is 23.1 Å². The van der Waals surface area contributed by atoms with E-state index in [1.165, 1.54) is 0 Å². The second-order valence-corrected chi connectivity index (χ2v) is 3.91. The summed E-state index contributed by atoms with van der Waals surface area (Å²) in [6.07, 6.45) is -4.00. The normalized spacial score (nSPS) is 25.0. The van der Waals surface area contributed by atoms with Crippen LogP contribution in [0.15, 0.2) is 5.10 Å². The Balaban J connectivity index is 2.93. The lowest BCUT2D eigenvalue weighted by Crippen LogP contribution is -2.57. The van der Waals surface area contributed by atoms with Gasteiger partial charge in [-0.2, -0.15) is 23.3 Å². The number of hydrazone groups is 1. The Kier molecular flexibility index (Phi) is 3.65. The first-order chi connectivity index (χ1) is 7.72. The van der Waals surface area contributed by atoms with E-state index in [1.54, 1.807) is 0 Å². The molecule has 0 spiro atoms. The van der Waals surface area contributed by atoms with E-state index in [4.69, 9.17) is 5.73 Å². The molecule has 0 saturated carbocycles. The number of primary amides is 1. The topological polar surface area (TPSA) is 78.9 Å². The van der Waals surface area contributed by atoms with E-state index in [0.717, 1.165) is 6.42 Å². The number of aliphatic hydroxyl groups is 1. The number of nitrogens with two attached hydrogens (primary N) is 1. The lowest BCUT2D eigenvalue weighted by molar-refractivity contribution is -0.296. The van der Waals surface area contributed by atoms with Crippen LogP contribution < -0.4 is 5.73 Å². The van der Waals surface area contributed by atoms with E-state index >= 15 is 0 Å². The zero-order valence-electron chi connectivity index (χ0n) is 9.29. The van der Waals surface area contributed by atoms with Crippen molar-refractivity contribution >= 4 is 11.7 Å². The second kappa shape index (κ2) is 4.52. The lowest BCUT2D eigenvalue weighted by Gasteiger charge is -2.31. The highest BCUT2D eigenvalue weighted by Gasteiger charge is 2.62. The Morgan fingerprint density at radius 3 is 2.59 bits per heavy atom. The molecule has 0 saturated heterocycles. The number of carbonyl (C=O) groups excluding carboxylic acids is 1. The fraction of sp³-hybridized carbons (Fsp3) is 0.778. The van der Waals surface area contributed by atoms with Crippen LogP contribution in [0, 0.1) is 0 Å². The number of hydrogen-bond acceptors (Lipinski definition) is 3. The summed E-state index contributed by atoms with van der Waals surface area (Å²) < 4.78 is 38.0. The third-order valence-electron chi connectivity index (χ3n) is 2.52. The zero-order valence-corrected chi connectivity index (χ0v) is 9.29. The Labute approximate surface area is 96.1 Å². The molecule has 1 atom stereocenters. The standard InChI is InChI=1S/C9H14F3N3O2/c1-2-3-4-6-5-8(17,9(10,11)12)15(14-6)7(13)16/h17H,2-5H2,1H3,(H2,13,16). The molecule has 8 heteroatoms. The number of unbranched alkanes of at least 4 members (excludes halogenated alkanes) is 1. The molecule has 1 unspecified atom stereocenters. The molecule has 0 aromatic heterocycles. The van der Waals surface area contributed by atoms with Gasteiger partial charge in [-0.05, 0) is 12.8 Å². The fourth-order valence-electron chi connectivity index (χ4n) is 1.59. The summed E-state index contributed by atoms with van der Waals surface area (Å²) in [4.78, 5) is 10.9. The SMILES string of the molecule is CCCCC1=NN(C(N)=O)C(O)(C(F)(F)F)C1. The monoisotopic (exact) mass is 253 g/mol. The second-order valence-electron chi connectivity index (χ2n) is 3.91. The van der Waals surface area contributed by atoms with Crippen LogP contribution in [-0.2, 0) is 0 Å². The lowest BCUT2D eigenvalue weighted by atomic mass is 10.0. The summed E-state index contributed by atoms with van der Waals surface area (Å²) >= 11 is 0. The van der Waals surface area contributed by atoms with E-state index in [1.807, 2.05) is 6.92 Å². The maximum atomic E-state index is 12.7. The van der Waals surface area contributed by atoms with Crippen molar-refractivity contribution in [1.29, 1.82) is 0 Å². The highest BCUT2D eigenvalue weighted by molar-refractivity contribution is 5.90. The molecule has 2 amide bonds. The average Bonchev–Trinajstić information content (AvgIpc) is 2.53. The van der Waals surface area contributed by atoms with Gasteiger partial charge in [-0.15, -0.1) is 0 Å². The van der Waals surface area contributed by atoms with Crippen LogP contribution in [0.3, 0.4) is 0 Å². The van der Waals surface area contributed by atoms with Gasteiger partial charge < -0.3 is 10.8 Å². The van der Waals surface area contributed by atoms with Gasteiger partial charge in [0.1, 0.15) is 0 Å². The van der Waals surface area contributed by atoms with Crippen LogP contribution in [0.25, 0.3) is 0 Å². The van der Waals surface area contributed by atoms with Crippen molar-refractivity contribution < 1.29 is 23.1 Å². The Morgan fingerprint density at radius 1 is 1.65 bits per heavy atom. The van der Waals surface area contributed by atoms with Crippen LogP contribution in [0.5, 0.6) is 0 Å². The van der Waals surface area contributed by atoms with Gasteiger partial charge in [-0.1, -0.05) is 13.3 Å². The third kappa shape index (κ3) is 2.51. The molecule has 1 aliphatic rings. The fourth-order valence-corrected chi connectivity index (χ4v) is 1.59. The minimum atomic E-state index is -4.99. The minimum absolute atomic E-state index is 0.0853. The summed E-state index contributed by atoms with van der Waals surface area (Å²) in [5.74, 6) is 0. The van der Waals surface area contributed by atoms with Crippen LogP contribution in [0.2, 0.25) is 0 Å². The number of urea groups is 1. The van der Waals surface area contributed by atoms with Crippen LogP contribution in [0.4, 0.5) is 18.0 Å². The summed E-state index contributed by atoms with van der Waals surface area (Å²) in [6.45, 7) is 1.87. The van der Waals surface area contributed by atoms with Gasteiger partial charge in [0.05, 0.1) is 0 Å². The number of amides is 2. The third-order valence-corrected chi connectivity index (χ3v) is 2.52. The highest BCUT2D eigenvalue weighted by atomic mass is 19.4. The summed E-state index contributed by atoms with van der Waals surface area (Å²) in [5.41, 5.74) is 1.61. The van der Waals surface area contributed by atoms with Crippen LogP contribution in [0.1, 0.15) is 32.6 Å². The summed E-state index contributed by atoms with van der Waals surface area (Å²) in [6, 6.07) is -1.42. The van der Waals surface area contributed by atoms with E-state index in [0.29, 0.717) is 12.8 Å². The van der Waals surface area contributed by atoms with E-state index in [-0.39, 0.29) is 10.7 Å². The molecular formula is C9H14F3N3O2. The number of nitrogens with zero attached hydrogens (tertiary/aromatic N) is 2. The van der Waals surface area contributed by atoms with Gasteiger partial charge in [0.25, 0.3) is 5.72 Å². The quantitative estimate of drug-likeness (QED) is 0.800. The molecule has 3 N–H and O–H groups in total. The molecule has 1 rings (SSSR count). The smallest absolute Gasteiger partial charge is 0.362 e. The van der Waals surface area contributed by atoms with Crippen molar-refractivity contribution in [1.82, 2.24) is 5.01 Å². The Bertz CT molecular complexity index is 343. The minimum Gasteiger partial charge on any atom is -0.362 e. The van der Waals surface area contributed by atoms with Crippen molar-refractivity contribution in [3.8, 4) is 0 Å². The maximum Gasteiger partial charge on any atom is 0.438 e. The van der Waals surface area contributed by atoms with Crippen molar-refractivity contribution in [2.75, 3.05) is 0 Å². The number of carbonyl (C=O) groups is 1. The van der Waals surface area contributed by atoms with Gasteiger partial charge in [0, 0.05) is 12.1 Å². The predicted octanol–water partition coefficient (Wildman–Crippen LogP) is 1.57. The first kappa shape index (κ1) is 13.8. The Hall–Kier alpha value is -1.31. The molecule has 0 aromatic carbocycles. The molecule has 0 aromatic rings. The Morgan fingerprint density at radius 2 is 2.24 bits per heavy atom. The molecule has 1 heterocycles. The van der Waals surface area contributed by atoms with Crippen molar-refractivity contribution in [2.24, 2.45) is 10.8 Å². The molecule has 0 fully saturated rings. The summed E-state index contributed by atoms with van der Waals surface area (Å²) in [5, 5.41) is 12.9. The molecular weight excluding hydrogens is 239 g/mol. The molecule has 1 aliphatic heterocycles. The molecule has 0 bridgehead atoms. The molecule has 98 valence electrons. The van der Waals surface area contributed by atoms with Gasteiger partial charge in [-0.3, -0.25) is 0 Å². The first-order valence-electron chi connectivity index (χ1n) is 5.17. The van der Waals surface area contributed by atoms with E-state index < -0.39 is 24.4 Å². The summed E-state index contributed by atoms with van der Waals surface area (Å²) in [7, 11) is 0. The molecule has 0 radical (unpaired) electrons. The zero-order chi connectivity index (χ0) is 13.3. The van der Waals surface area contributed by atoms with Crippen molar-refractivity contribution in [3.63, 3.8) is 0 Å². The molecule has 5 nitrogen and oxygen atoms in total. The van der Waals surface area contributed by atoms with Crippen molar-refractivity contribution in [3.05, 3.63) is 0 Å².